The van der Waals surface area contributed by atoms with E-state index in [0.29, 0.717) is 30.7 Å². The molecule has 0 saturated heterocycles. The van der Waals surface area contributed by atoms with Gasteiger partial charge in [-0.1, -0.05) is 19.9 Å². The summed E-state index contributed by atoms with van der Waals surface area (Å²) in [4.78, 5) is 30.6. The van der Waals surface area contributed by atoms with Gasteiger partial charge in [0, 0.05) is 24.4 Å². The molecule has 2 aromatic heterocycles. The van der Waals surface area contributed by atoms with Gasteiger partial charge in [0.1, 0.15) is 5.82 Å². The molecule has 1 aromatic carbocycles. The van der Waals surface area contributed by atoms with Crippen molar-refractivity contribution in [2.75, 3.05) is 0 Å². The number of carboxylic acids is 1. The smallest absolute Gasteiger partial charge is 0.306 e. The quantitative estimate of drug-likeness (QED) is 0.649. The zero-order valence-electron chi connectivity index (χ0n) is 16.8. The summed E-state index contributed by atoms with van der Waals surface area (Å²) in [5, 5.41) is 9.44. The SMILES string of the molecule is Cc1cc(-c2nc3cc(CC[C@@H](CC(C)C)C(=O)O)ccc3n2C)c[nH]c1=O. The molecule has 0 aliphatic carbocycles. The van der Waals surface area contributed by atoms with E-state index in [1.807, 2.05) is 35.9 Å². The second kappa shape index (κ2) is 8.00. The van der Waals surface area contributed by atoms with Gasteiger partial charge in [-0.2, -0.15) is 0 Å². The van der Waals surface area contributed by atoms with Crippen molar-refractivity contribution in [1.29, 1.82) is 0 Å². The van der Waals surface area contributed by atoms with E-state index < -0.39 is 5.97 Å². The number of imidazole rings is 1. The largest absolute Gasteiger partial charge is 0.481 e. The molecule has 0 aliphatic rings. The lowest BCUT2D eigenvalue weighted by molar-refractivity contribution is -0.142. The van der Waals surface area contributed by atoms with Crippen LogP contribution in [0.3, 0.4) is 0 Å². The van der Waals surface area contributed by atoms with Crippen LogP contribution in [0.2, 0.25) is 0 Å². The maximum atomic E-state index is 11.6. The summed E-state index contributed by atoms with van der Waals surface area (Å²) in [6.07, 6.45) is 3.71. The maximum Gasteiger partial charge on any atom is 0.306 e. The Morgan fingerprint density at radius 3 is 2.68 bits per heavy atom. The van der Waals surface area contributed by atoms with Gasteiger partial charge in [-0.3, -0.25) is 9.59 Å². The summed E-state index contributed by atoms with van der Waals surface area (Å²) in [6.45, 7) is 5.88. The third-order valence-electron chi connectivity index (χ3n) is 5.18. The lowest BCUT2D eigenvalue weighted by Crippen LogP contribution is -2.16. The Morgan fingerprint density at radius 1 is 1.29 bits per heavy atom. The van der Waals surface area contributed by atoms with Crippen molar-refractivity contribution in [3.05, 3.63) is 51.9 Å². The average Bonchev–Trinajstić information content (AvgIpc) is 2.96. The van der Waals surface area contributed by atoms with Crippen molar-refractivity contribution >= 4 is 17.0 Å². The number of aryl methyl sites for hydroxylation is 3. The number of carbonyl (C=O) groups is 1. The molecule has 1 atom stereocenters. The van der Waals surface area contributed by atoms with Crippen molar-refractivity contribution < 1.29 is 9.90 Å². The van der Waals surface area contributed by atoms with E-state index in [-0.39, 0.29) is 11.5 Å². The van der Waals surface area contributed by atoms with Crippen LogP contribution in [0.1, 0.15) is 37.8 Å². The highest BCUT2D eigenvalue weighted by Crippen LogP contribution is 2.25. The molecule has 3 aromatic rings. The van der Waals surface area contributed by atoms with Crippen LogP contribution in [0.15, 0.2) is 35.3 Å². The van der Waals surface area contributed by atoms with Gasteiger partial charge in [0.15, 0.2) is 0 Å². The molecule has 0 unspecified atom stereocenters. The van der Waals surface area contributed by atoms with Crippen LogP contribution in [-0.4, -0.2) is 25.6 Å². The van der Waals surface area contributed by atoms with E-state index in [2.05, 4.69) is 18.8 Å². The minimum absolute atomic E-state index is 0.0980. The minimum atomic E-state index is -0.719. The van der Waals surface area contributed by atoms with E-state index in [4.69, 9.17) is 4.98 Å². The molecule has 6 heteroatoms. The normalized spacial score (nSPS) is 12.6. The van der Waals surface area contributed by atoms with Crippen molar-refractivity contribution in [3.63, 3.8) is 0 Å². The minimum Gasteiger partial charge on any atom is -0.481 e. The third kappa shape index (κ3) is 4.16. The molecule has 28 heavy (non-hydrogen) atoms. The first-order valence-corrected chi connectivity index (χ1v) is 9.64. The van der Waals surface area contributed by atoms with Gasteiger partial charge in [-0.15, -0.1) is 0 Å². The monoisotopic (exact) mass is 381 g/mol. The number of aromatic amines is 1. The number of nitrogens with one attached hydrogen (secondary N) is 1. The number of hydrogen-bond donors (Lipinski definition) is 2. The van der Waals surface area contributed by atoms with E-state index in [0.717, 1.165) is 28.0 Å². The van der Waals surface area contributed by atoms with Gasteiger partial charge in [0.2, 0.25) is 0 Å². The van der Waals surface area contributed by atoms with Crippen LogP contribution in [0, 0.1) is 18.8 Å². The fraction of sp³-hybridized carbons (Fsp3) is 0.409. The molecule has 0 bridgehead atoms. The van der Waals surface area contributed by atoms with E-state index in [1.54, 1.807) is 13.1 Å². The standard InChI is InChI=1S/C22H27N3O3/c1-13(2)9-16(22(27)28)7-5-15-6-8-19-18(11-15)24-20(25(19)4)17-10-14(3)21(26)23-12-17/h6,8,10-13,16H,5,7,9H2,1-4H3,(H,23,26)(H,27,28)/t16-/m0/s1. The molecule has 0 saturated carbocycles. The highest BCUT2D eigenvalue weighted by atomic mass is 16.4. The summed E-state index contributed by atoms with van der Waals surface area (Å²) >= 11 is 0. The summed E-state index contributed by atoms with van der Waals surface area (Å²) in [6, 6.07) is 7.94. The van der Waals surface area contributed by atoms with E-state index in [9.17, 15) is 14.7 Å². The van der Waals surface area contributed by atoms with Crippen molar-refractivity contribution in [2.24, 2.45) is 18.9 Å². The number of aliphatic carboxylic acids is 1. The highest BCUT2D eigenvalue weighted by molar-refractivity contribution is 5.81. The van der Waals surface area contributed by atoms with Gasteiger partial charge < -0.3 is 14.7 Å². The molecule has 3 rings (SSSR count). The Hall–Kier alpha value is -2.89. The van der Waals surface area contributed by atoms with Crippen molar-refractivity contribution in [3.8, 4) is 11.4 Å². The summed E-state index contributed by atoms with van der Waals surface area (Å²) in [5.41, 5.74) is 4.37. The number of fused-ring (bicyclic) bond motifs is 1. The molecule has 0 spiro atoms. The number of pyridine rings is 1. The molecule has 2 N–H and O–H groups in total. The number of hydrogen-bond acceptors (Lipinski definition) is 3. The van der Waals surface area contributed by atoms with Crippen LogP contribution in [0.25, 0.3) is 22.4 Å². The Bertz CT molecular complexity index is 1060. The van der Waals surface area contributed by atoms with Crippen molar-refractivity contribution in [1.82, 2.24) is 14.5 Å². The Morgan fingerprint density at radius 2 is 2.04 bits per heavy atom. The predicted molar refractivity (Wildman–Crippen MR) is 110 cm³/mol. The molecule has 0 aliphatic heterocycles. The van der Waals surface area contributed by atoms with Crippen molar-refractivity contribution in [2.45, 2.75) is 40.0 Å². The average molecular weight is 381 g/mol. The highest BCUT2D eigenvalue weighted by Gasteiger charge is 2.19. The molecule has 0 fully saturated rings. The predicted octanol–water partition coefficient (Wildman–Crippen LogP) is 3.92. The van der Waals surface area contributed by atoms with Crippen LogP contribution in [-0.2, 0) is 18.3 Å². The first kappa shape index (κ1) is 19.9. The Balaban J connectivity index is 1.86. The van der Waals surface area contributed by atoms with Crippen LogP contribution < -0.4 is 5.56 Å². The molecule has 0 radical (unpaired) electrons. The summed E-state index contributed by atoms with van der Waals surface area (Å²) in [5.74, 6) is 0.111. The maximum absolute atomic E-state index is 11.6. The van der Waals surface area contributed by atoms with Crippen LogP contribution in [0.4, 0.5) is 0 Å². The molecule has 0 amide bonds. The number of benzene rings is 1. The van der Waals surface area contributed by atoms with Gasteiger partial charge in [0.25, 0.3) is 5.56 Å². The first-order chi connectivity index (χ1) is 13.3. The lowest BCUT2D eigenvalue weighted by Gasteiger charge is -2.14. The van der Waals surface area contributed by atoms with Crippen LogP contribution in [0.5, 0.6) is 0 Å². The number of nitrogens with zero attached hydrogens (tertiary/aromatic N) is 2. The molecule has 6 nitrogen and oxygen atoms in total. The number of rotatable bonds is 7. The Kier molecular flexibility index (Phi) is 5.68. The third-order valence-corrected chi connectivity index (χ3v) is 5.18. The van der Waals surface area contributed by atoms with E-state index >= 15 is 0 Å². The van der Waals surface area contributed by atoms with Gasteiger partial charge in [0.05, 0.1) is 17.0 Å². The second-order valence-electron chi connectivity index (χ2n) is 7.92. The topological polar surface area (TPSA) is 88.0 Å². The zero-order valence-corrected chi connectivity index (χ0v) is 16.8. The summed E-state index contributed by atoms with van der Waals surface area (Å²) < 4.78 is 2.00. The van der Waals surface area contributed by atoms with E-state index in [1.165, 1.54) is 0 Å². The van der Waals surface area contributed by atoms with Crippen LogP contribution >= 0.6 is 0 Å². The molecule has 148 valence electrons. The van der Waals surface area contributed by atoms with Gasteiger partial charge in [-0.05, 0) is 55.9 Å². The number of carboxylic acid groups (broad SMARTS) is 1. The summed E-state index contributed by atoms with van der Waals surface area (Å²) in [7, 11) is 1.95. The number of H-pyrrole nitrogens is 1. The Labute approximate surface area is 164 Å². The second-order valence-corrected chi connectivity index (χ2v) is 7.92. The molecular weight excluding hydrogens is 354 g/mol. The van der Waals surface area contributed by atoms with Gasteiger partial charge in [-0.25, -0.2) is 4.98 Å². The molecule has 2 heterocycles. The van der Waals surface area contributed by atoms with Gasteiger partial charge >= 0.3 is 5.97 Å². The first-order valence-electron chi connectivity index (χ1n) is 9.64. The number of aromatic nitrogens is 3. The fourth-order valence-electron chi connectivity index (χ4n) is 3.64. The molecular formula is C22H27N3O3. The lowest BCUT2D eigenvalue weighted by atomic mass is 9.91. The fourth-order valence-corrected chi connectivity index (χ4v) is 3.64. The zero-order chi connectivity index (χ0) is 20.4.